The van der Waals surface area contributed by atoms with Crippen molar-refractivity contribution in [3.63, 3.8) is 0 Å². The number of nitrogens with zero attached hydrogens (tertiary/aromatic N) is 1. The first-order valence-corrected chi connectivity index (χ1v) is 5.52. The highest BCUT2D eigenvalue weighted by Gasteiger charge is 2.51. The predicted molar refractivity (Wildman–Crippen MR) is 56.1 cm³/mol. The third-order valence-electron chi connectivity index (χ3n) is 3.45. The van der Waals surface area contributed by atoms with Gasteiger partial charge in [0, 0.05) is 19.0 Å². The summed E-state index contributed by atoms with van der Waals surface area (Å²) in [6.07, 6.45) is 1.49. The maximum Gasteiger partial charge on any atom is 0.245 e. The molecule has 1 N–H and O–H groups in total. The number of carbonyl (C=O) groups excluding carboxylic acids is 2. The lowest BCUT2D eigenvalue weighted by Crippen LogP contribution is -2.44. The molecule has 0 bridgehead atoms. The molecule has 0 spiro atoms. The molecule has 2 atom stereocenters. The number of nitrogens with one attached hydrogen (secondary N) is 1. The first-order chi connectivity index (χ1) is 6.92. The van der Waals surface area contributed by atoms with E-state index in [-0.39, 0.29) is 23.3 Å². The molecule has 2 amide bonds. The Bertz CT molecular complexity index is 312. The van der Waals surface area contributed by atoms with Crippen LogP contribution in [0.2, 0.25) is 0 Å². The molecule has 0 aromatic rings. The Morgan fingerprint density at radius 1 is 1.40 bits per heavy atom. The molecule has 1 saturated carbocycles. The average Bonchev–Trinajstić information content (AvgIpc) is 2.76. The van der Waals surface area contributed by atoms with E-state index in [1.807, 2.05) is 4.90 Å². The lowest BCUT2D eigenvalue weighted by atomic mass is 10.1. The number of amides is 2. The monoisotopic (exact) mass is 210 g/mol. The van der Waals surface area contributed by atoms with Gasteiger partial charge in [-0.1, -0.05) is 13.8 Å². The summed E-state index contributed by atoms with van der Waals surface area (Å²) in [6, 6.07) is -0.0310. The summed E-state index contributed by atoms with van der Waals surface area (Å²) in [4.78, 5) is 25.1. The van der Waals surface area contributed by atoms with E-state index >= 15 is 0 Å². The summed E-state index contributed by atoms with van der Waals surface area (Å²) in [5.41, 5.74) is 0.239. The minimum absolute atomic E-state index is 0.0168. The Hall–Kier alpha value is -1.06. The molecule has 1 saturated heterocycles. The third-order valence-corrected chi connectivity index (χ3v) is 3.45. The Kier molecular flexibility index (Phi) is 2.24. The molecule has 4 heteroatoms. The Balaban J connectivity index is 2.11. The van der Waals surface area contributed by atoms with Gasteiger partial charge in [0.1, 0.15) is 6.04 Å². The van der Waals surface area contributed by atoms with Crippen LogP contribution < -0.4 is 5.32 Å². The van der Waals surface area contributed by atoms with Gasteiger partial charge >= 0.3 is 0 Å². The van der Waals surface area contributed by atoms with Crippen LogP contribution in [0.4, 0.5) is 0 Å². The van der Waals surface area contributed by atoms with Crippen LogP contribution in [0.1, 0.15) is 33.6 Å². The summed E-state index contributed by atoms with van der Waals surface area (Å²) in [5.74, 6) is 0.0493. The zero-order valence-electron chi connectivity index (χ0n) is 9.54. The van der Waals surface area contributed by atoms with Crippen LogP contribution in [-0.2, 0) is 9.59 Å². The second-order valence-electron chi connectivity index (χ2n) is 5.28. The molecule has 2 aliphatic rings. The Morgan fingerprint density at radius 3 is 2.53 bits per heavy atom. The largest absolute Gasteiger partial charge is 0.345 e. The average molecular weight is 210 g/mol. The van der Waals surface area contributed by atoms with Gasteiger partial charge in [-0.25, -0.2) is 0 Å². The molecule has 2 fully saturated rings. The van der Waals surface area contributed by atoms with E-state index in [0.29, 0.717) is 19.0 Å². The fourth-order valence-corrected chi connectivity index (χ4v) is 2.24. The Morgan fingerprint density at radius 2 is 2.00 bits per heavy atom. The topological polar surface area (TPSA) is 49.4 Å². The van der Waals surface area contributed by atoms with Gasteiger partial charge in [-0.05, 0) is 18.8 Å². The minimum Gasteiger partial charge on any atom is -0.345 e. The van der Waals surface area contributed by atoms with E-state index in [1.54, 1.807) is 6.92 Å². The normalized spacial score (nSPS) is 34.7. The Labute approximate surface area is 90.0 Å². The van der Waals surface area contributed by atoms with Gasteiger partial charge in [-0.3, -0.25) is 9.59 Å². The lowest BCUT2D eigenvalue weighted by Gasteiger charge is -2.23. The molecule has 1 aliphatic carbocycles. The van der Waals surface area contributed by atoms with Crippen LogP contribution in [0, 0.1) is 5.41 Å². The lowest BCUT2D eigenvalue weighted by molar-refractivity contribution is -0.133. The maximum atomic E-state index is 12.0. The first kappa shape index (κ1) is 10.5. The van der Waals surface area contributed by atoms with Gasteiger partial charge in [0.15, 0.2) is 0 Å². The van der Waals surface area contributed by atoms with E-state index in [9.17, 15) is 9.59 Å². The predicted octanol–water partition coefficient (Wildman–Crippen LogP) is 0.522. The van der Waals surface area contributed by atoms with Crippen molar-refractivity contribution in [2.75, 3.05) is 6.54 Å². The molecule has 0 aromatic carbocycles. The van der Waals surface area contributed by atoms with Gasteiger partial charge in [-0.2, -0.15) is 0 Å². The minimum atomic E-state index is -0.364. The van der Waals surface area contributed by atoms with Gasteiger partial charge in [0.2, 0.25) is 11.8 Å². The molecule has 84 valence electrons. The molecular weight excluding hydrogens is 192 g/mol. The molecule has 15 heavy (non-hydrogen) atoms. The molecule has 2 rings (SSSR count). The van der Waals surface area contributed by atoms with Crippen molar-refractivity contribution < 1.29 is 9.59 Å². The van der Waals surface area contributed by atoms with Crippen molar-refractivity contribution in [1.82, 2.24) is 10.2 Å². The van der Waals surface area contributed by atoms with Crippen molar-refractivity contribution in [3.8, 4) is 0 Å². The number of hydrogen-bond acceptors (Lipinski definition) is 2. The van der Waals surface area contributed by atoms with Crippen LogP contribution >= 0.6 is 0 Å². The van der Waals surface area contributed by atoms with Crippen LogP contribution in [-0.4, -0.2) is 35.3 Å². The van der Waals surface area contributed by atoms with Crippen molar-refractivity contribution in [1.29, 1.82) is 0 Å². The van der Waals surface area contributed by atoms with E-state index < -0.39 is 0 Å². The van der Waals surface area contributed by atoms with Gasteiger partial charge in [-0.15, -0.1) is 0 Å². The zero-order chi connectivity index (χ0) is 11.2. The van der Waals surface area contributed by atoms with Gasteiger partial charge < -0.3 is 10.2 Å². The highest BCUT2D eigenvalue weighted by atomic mass is 16.2. The maximum absolute atomic E-state index is 12.0. The highest BCUT2D eigenvalue weighted by Crippen LogP contribution is 2.48. The van der Waals surface area contributed by atoms with Gasteiger partial charge in [0.25, 0.3) is 0 Å². The molecule has 2 unspecified atom stereocenters. The van der Waals surface area contributed by atoms with Crippen molar-refractivity contribution >= 4 is 11.8 Å². The van der Waals surface area contributed by atoms with E-state index in [0.717, 1.165) is 6.42 Å². The van der Waals surface area contributed by atoms with Crippen LogP contribution in [0.15, 0.2) is 0 Å². The van der Waals surface area contributed by atoms with Crippen LogP contribution in [0.5, 0.6) is 0 Å². The van der Waals surface area contributed by atoms with Crippen molar-refractivity contribution in [2.45, 2.75) is 45.7 Å². The zero-order valence-corrected chi connectivity index (χ0v) is 9.54. The molecule has 0 aromatic heterocycles. The molecule has 0 radical (unpaired) electrons. The van der Waals surface area contributed by atoms with Crippen molar-refractivity contribution in [3.05, 3.63) is 0 Å². The molecule has 1 aliphatic heterocycles. The van der Waals surface area contributed by atoms with Crippen LogP contribution in [0.25, 0.3) is 0 Å². The van der Waals surface area contributed by atoms with E-state index in [1.165, 1.54) is 0 Å². The summed E-state index contributed by atoms with van der Waals surface area (Å²) >= 11 is 0. The number of carbonyl (C=O) groups is 2. The van der Waals surface area contributed by atoms with E-state index in [4.69, 9.17) is 0 Å². The first-order valence-electron chi connectivity index (χ1n) is 5.52. The molecule has 4 nitrogen and oxygen atoms in total. The second kappa shape index (κ2) is 3.22. The van der Waals surface area contributed by atoms with Gasteiger partial charge in [0.05, 0.1) is 0 Å². The number of rotatable bonds is 1. The fraction of sp³-hybridized carbons (Fsp3) is 0.818. The van der Waals surface area contributed by atoms with E-state index in [2.05, 4.69) is 19.2 Å². The van der Waals surface area contributed by atoms with Crippen molar-refractivity contribution in [2.24, 2.45) is 5.41 Å². The van der Waals surface area contributed by atoms with Crippen LogP contribution in [0.3, 0.4) is 0 Å². The fourth-order valence-electron chi connectivity index (χ4n) is 2.24. The third kappa shape index (κ3) is 1.85. The molecular formula is C11H18N2O2. The summed E-state index contributed by atoms with van der Waals surface area (Å²) in [5, 5.41) is 2.70. The quantitative estimate of drug-likeness (QED) is 0.686. The summed E-state index contributed by atoms with van der Waals surface area (Å²) < 4.78 is 0. The second-order valence-corrected chi connectivity index (χ2v) is 5.28. The molecule has 1 heterocycles. The summed E-state index contributed by atoms with van der Waals surface area (Å²) in [7, 11) is 0. The highest BCUT2D eigenvalue weighted by molar-refractivity contribution is 5.90. The summed E-state index contributed by atoms with van der Waals surface area (Å²) in [6.45, 7) is 6.66. The number of hydrogen-bond donors (Lipinski definition) is 1. The standard InChI is InChI=1S/C11H18N2O2/c1-7-10(15)13(5-4-9(14)12-7)8-6-11(8,2)3/h7-8H,4-6H2,1-3H3,(H,12,14). The smallest absolute Gasteiger partial charge is 0.245 e. The SMILES string of the molecule is CC1NC(=O)CCN(C2CC2(C)C)C1=O.